The Kier molecular flexibility index (Phi) is 3.97. The predicted octanol–water partition coefficient (Wildman–Crippen LogP) is 1.26. The molecular weight excluding hydrogens is 228 g/mol. The Labute approximate surface area is 107 Å². The molecule has 2 amide bonds. The lowest BCUT2D eigenvalue weighted by Crippen LogP contribution is -2.37. The summed E-state index contributed by atoms with van der Waals surface area (Å²) in [7, 11) is 0. The van der Waals surface area contributed by atoms with Crippen molar-refractivity contribution in [1.29, 1.82) is 0 Å². The molecule has 1 aliphatic rings. The number of hydrogen-bond donors (Lipinski definition) is 2. The zero-order chi connectivity index (χ0) is 13.0. The minimum absolute atomic E-state index is 0.0465. The van der Waals surface area contributed by atoms with Crippen LogP contribution in [0.2, 0.25) is 0 Å². The summed E-state index contributed by atoms with van der Waals surface area (Å²) < 4.78 is 0. The van der Waals surface area contributed by atoms with Crippen LogP contribution in [-0.2, 0) is 11.2 Å². The van der Waals surface area contributed by atoms with Gasteiger partial charge in [0.25, 0.3) is 5.91 Å². The fraction of sp³-hybridized carbons (Fsp3) is 0.429. The largest absolute Gasteiger partial charge is 0.352 e. The van der Waals surface area contributed by atoms with Crippen molar-refractivity contribution in [3.05, 3.63) is 35.4 Å². The predicted molar refractivity (Wildman–Crippen MR) is 69.3 cm³/mol. The summed E-state index contributed by atoms with van der Waals surface area (Å²) in [6, 6.07) is 7.76. The summed E-state index contributed by atoms with van der Waals surface area (Å²) in [4.78, 5) is 23.2. The smallest absolute Gasteiger partial charge is 0.251 e. The molecule has 1 aromatic rings. The topological polar surface area (TPSA) is 58.2 Å². The summed E-state index contributed by atoms with van der Waals surface area (Å²) in [5.41, 5.74) is 1.78. The third-order valence-electron chi connectivity index (χ3n) is 2.98. The van der Waals surface area contributed by atoms with Gasteiger partial charge in [-0.05, 0) is 37.0 Å². The molecule has 0 saturated heterocycles. The number of benzene rings is 1. The van der Waals surface area contributed by atoms with E-state index in [4.69, 9.17) is 0 Å². The highest BCUT2D eigenvalue weighted by molar-refractivity contribution is 5.96. The van der Waals surface area contributed by atoms with Crippen LogP contribution in [0.1, 0.15) is 35.7 Å². The van der Waals surface area contributed by atoms with Gasteiger partial charge >= 0.3 is 0 Å². The molecule has 0 bridgehead atoms. The number of carbonyl (C=O) groups is 2. The second-order valence-corrected chi connectivity index (χ2v) is 4.57. The minimum Gasteiger partial charge on any atom is -0.352 e. The van der Waals surface area contributed by atoms with E-state index in [1.165, 1.54) is 5.56 Å². The second-order valence-electron chi connectivity index (χ2n) is 4.57. The molecular formula is C14H18N2O2. The van der Waals surface area contributed by atoms with E-state index in [1.807, 2.05) is 12.1 Å². The summed E-state index contributed by atoms with van der Waals surface area (Å²) in [5.74, 6) is -0.320. The number of amides is 2. The maximum Gasteiger partial charge on any atom is 0.251 e. The number of nitrogens with one attached hydrogen (secondary N) is 2. The molecule has 0 heterocycles. The molecule has 1 aromatic carbocycles. The normalized spacial score (nSPS) is 14.1. The van der Waals surface area contributed by atoms with Crippen molar-refractivity contribution in [2.24, 2.45) is 0 Å². The first-order chi connectivity index (χ1) is 8.69. The van der Waals surface area contributed by atoms with Gasteiger partial charge in [0.2, 0.25) is 5.91 Å². The highest BCUT2D eigenvalue weighted by Crippen LogP contribution is 2.18. The van der Waals surface area contributed by atoms with Crippen molar-refractivity contribution in [3.8, 4) is 0 Å². The standard InChI is InChI=1S/C14H18N2O2/c1-2-10-3-5-11(6-4-10)14(18)15-9-13(17)16-12-7-8-12/h3-6,12H,2,7-9H2,1H3,(H,15,18)(H,16,17). The fourth-order valence-electron chi connectivity index (χ4n) is 1.66. The van der Waals surface area contributed by atoms with E-state index in [-0.39, 0.29) is 18.4 Å². The van der Waals surface area contributed by atoms with Crippen LogP contribution >= 0.6 is 0 Å². The van der Waals surface area contributed by atoms with Crippen LogP contribution in [-0.4, -0.2) is 24.4 Å². The van der Waals surface area contributed by atoms with Gasteiger partial charge in [-0.15, -0.1) is 0 Å². The number of hydrogen-bond acceptors (Lipinski definition) is 2. The van der Waals surface area contributed by atoms with Gasteiger partial charge in [-0.3, -0.25) is 9.59 Å². The molecule has 18 heavy (non-hydrogen) atoms. The van der Waals surface area contributed by atoms with Crippen molar-refractivity contribution < 1.29 is 9.59 Å². The SMILES string of the molecule is CCc1ccc(C(=O)NCC(=O)NC2CC2)cc1. The quantitative estimate of drug-likeness (QED) is 0.821. The third-order valence-corrected chi connectivity index (χ3v) is 2.98. The molecule has 2 rings (SSSR count). The molecule has 1 aliphatic carbocycles. The van der Waals surface area contributed by atoms with E-state index in [2.05, 4.69) is 17.6 Å². The molecule has 0 unspecified atom stereocenters. The lowest BCUT2D eigenvalue weighted by atomic mass is 10.1. The van der Waals surface area contributed by atoms with Gasteiger partial charge in [-0.1, -0.05) is 19.1 Å². The first-order valence-corrected chi connectivity index (χ1v) is 6.35. The summed E-state index contributed by atoms with van der Waals surface area (Å²) >= 11 is 0. The average molecular weight is 246 g/mol. The molecule has 4 heteroatoms. The third kappa shape index (κ3) is 3.58. The Morgan fingerprint density at radius 2 is 1.89 bits per heavy atom. The minimum atomic E-state index is -0.205. The molecule has 0 aliphatic heterocycles. The van der Waals surface area contributed by atoms with Crippen LogP contribution < -0.4 is 10.6 Å². The first kappa shape index (κ1) is 12.6. The second kappa shape index (κ2) is 5.67. The summed E-state index contributed by atoms with van der Waals surface area (Å²) in [5, 5.41) is 5.44. The lowest BCUT2D eigenvalue weighted by molar-refractivity contribution is -0.120. The van der Waals surface area contributed by atoms with Gasteiger partial charge in [0.05, 0.1) is 6.54 Å². The average Bonchev–Trinajstić information content (AvgIpc) is 3.20. The van der Waals surface area contributed by atoms with Gasteiger partial charge in [-0.2, -0.15) is 0 Å². The lowest BCUT2D eigenvalue weighted by Gasteiger charge is -2.06. The zero-order valence-electron chi connectivity index (χ0n) is 10.5. The molecule has 4 nitrogen and oxygen atoms in total. The Balaban J connectivity index is 1.80. The van der Waals surface area contributed by atoms with Crippen LogP contribution in [0.25, 0.3) is 0 Å². The van der Waals surface area contributed by atoms with Crippen LogP contribution in [0, 0.1) is 0 Å². The molecule has 0 atom stereocenters. The van der Waals surface area contributed by atoms with E-state index in [1.54, 1.807) is 12.1 Å². The van der Waals surface area contributed by atoms with Gasteiger partial charge < -0.3 is 10.6 Å². The van der Waals surface area contributed by atoms with E-state index in [0.717, 1.165) is 19.3 Å². The zero-order valence-corrected chi connectivity index (χ0v) is 10.5. The van der Waals surface area contributed by atoms with E-state index >= 15 is 0 Å². The summed E-state index contributed by atoms with van der Waals surface area (Å²) in [6.45, 7) is 2.11. The van der Waals surface area contributed by atoms with Crippen LogP contribution in [0.15, 0.2) is 24.3 Å². The molecule has 2 N–H and O–H groups in total. The Bertz CT molecular complexity index is 436. The number of carbonyl (C=O) groups excluding carboxylic acids is 2. The summed E-state index contributed by atoms with van der Waals surface area (Å²) in [6.07, 6.45) is 3.06. The van der Waals surface area contributed by atoms with Crippen molar-refractivity contribution >= 4 is 11.8 Å². The maximum atomic E-state index is 11.8. The van der Waals surface area contributed by atoms with Gasteiger partial charge in [0.1, 0.15) is 0 Å². The maximum absolute atomic E-state index is 11.8. The van der Waals surface area contributed by atoms with Crippen molar-refractivity contribution in [3.63, 3.8) is 0 Å². The van der Waals surface area contributed by atoms with Crippen molar-refractivity contribution in [1.82, 2.24) is 10.6 Å². The monoisotopic (exact) mass is 246 g/mol. The Hall–Kier alpha value is -1.84. The van der Waals surface area contributed by atoms with Crippen molar-refractivity contribution in [2.45, 2.75) is 32.2 Å². The molecule has 96 valence electrons. The number of aryl methyl sites for hydroxylation is 1. The van der Waals surface area contributed by atoms with Crippen LogP contribution in [0.4, 0.5) is 0 Å². The molecule has 0 radical (unpaired) electrons. The van der Waals surface area contributed by atoms with Gasteiger partial charge in [-0.25, -0.2) is 0 Å². The highest BCUT2D eigenvalue weighted by atomic mass is 16.2. The fourth-order valence-corrected chi connectivity index (χ4v) is 1.66. The highest BCUT2D eigenvalue weighted by Gasteiger charge is 2.23. The van der Waals surface area contributed by atoms with Gasteiger partial charge in [0.15, 0.2) is 0 Å². The van der Waals surface area contributed by atoms with Gasteiger partial charge in [0, 0.05) is 11.6 Å². The molecule has 1 fully saturated rings. The molecule has 0 spiro atoms. The Morgan fingerprint density at radius 1 is 1.22 bits per heavy atom. The van der Waals surface area contributed by atoms with Crippen molar-refractivity contribution in [2.75, 3.05) is 6.54 Å². The molecule has 1 saturated carbocycles. The van der Waals surface area contributed by atoms with E-state index < -0.39 is 0 Å². The van der Waals surface area contributed by atoms with E-state index in [9.17, 15) is 9.59 Å². The van der Waals surface area contributed by atoms with E-state index in [0.29, 0.717) is 11.6 Å². The van der Waals surface area contributed by atoms with Crippen LogP contribution in [0.5, 0.6) is 0 Å². The number of rotatable bonds is 5. The molecule has 0 aromatic heterocycles. The first-order valence-electron chi connectivity index (χ1n) is 6.35. The Morgan fingerprint density at radius 3 is 2.44 bits per heavy atom. The van der Waals surface area contributed by atoms with Crippen LogP contribution in [0.3, 0.4) is 0 Å².